The number of carbonyl (C=O) groups is 1. The van der Waals surface area contributed by atoms with Gasteiger partial charge >= 0.3 is 0 Å². The van der Waals surface area contributed by atoms with Crippen LogP contribution in [0.2, 0.25) is 0 Å². The Morgan fingerprint density at radius 3 is 2.12 bits per heavy atom. The Hall–Kier alpha value is -3.51. The maximum atomic E-state index is 12.8. The van der Waals surface area contributed by atoms with Gasteiger partial charge in [-0.05, 0) is 16.8 Å². The van der Waals surface area contributed by atoms with Crippen LogP contribution in [-0.2, 0) is 0 Å². The van der Waals surface area contributed by atoms with Crippen LogP contribution < -0.4 is 5.73 Å². The van der Waals surface area contributed by atoms with Crippen LogP contribution in [0.1, 0.15) is 15.9 Å². The number of hydrogen-bond donors (Lipinski definition) is 3. The highest BCUT2D eigenvalue weighted by atomic mass is 16.4. The number of nitrogens with zero attached hydrogens (tertiary/aromatic N) is 2. The Kier molecular flexibility index (Phi) is 5.05. The number of ketones is 1. The topological polar surface area (TPSA) is 108 Å². The van der Waals surface area contributed by atoms with Crippen LogP contribution in [0.3, 0.4) is 0 Å². The van der Waals surface area contributed by atoms with Crippen molar-refractivity contribution in [3.05, 3.63) is 83.9 Å². The second-order valence-corrected chi connectivity index (χ2v) is 5.70. The summed E-state index contributed by atoms with van der Waals surface area (Å²) in [5.74, 6) is -0.444. The maximum Gasteiger partial charge on any atom is 0.185 e. The lowest BCUT2D eigenvalue weighted by Gasteiger charge is -2.14. The van der Waals surface area contributed by atoms with Gasteiger partial charge in [0, 0.05) is 11.1 Å². The van der Waals surface area contributed by atoms with E-state index in [0.717, 1.165) is 10.8 Å². The van der Waals surface area contributed by atoms with Gasteiger partial charge in [-0.2, -0.15) is 0 Å². The minimum atomic E-state index is -1.28. The molecule has 0 radical (unpaired) electrons. The normalized spacial score (nSPS) is 13.6. The van der Waals surface area contributed by atoms with Crippen LogP contribution >= 0.6 is 0 Å². The molecule has 0 amide bonds. The summed E-state index contributed by atoms with van der Waals surface area (Å²) in [5, 5.41) is 26.9. The Bertz CT molecular complexity index is 997. The van der Waals surface area contributed by atoms with Gasteiger partial charge in [0.25, 0.3) is 0 Å². The van der Waals surface area contributed by atoms with E-state index in [0.29, 0.717) is 11.1 Å². The first-order chi connectivity index (χ1) is 12.7. The van der Waals surface area contributed by atoms with Gasteiger partial charge in [0.2, 0.25) is 0 Å². The third-order valence-electron chi connectivity index (χ3n) is 4.11. The predicted molar refractivity (Wildman–Crippen MR) is 100 cm³/mol. The van der Waals surface area contributed by atoms with Gasteiger partial charge in [-0.15, -0.1) is 0 Å². The Morgan fingerprint density at radius 1 is 0.808 bits per heavy atom. The molecule has 1 atom stereocenters. The van der Waals surface area contributed by atoms with Crippen LogP contribution in [0.5, 0.6) is 0 Å². The lowest BCUT2D eigenvalue weighted by atomic mass is 9.94. The number of rotatable bonds is 5. The van der Waals surface area contributed by atoms with E-state index in [-0.39, 0.29) is 11.4 Å². The zero-order chi connectivity index (χ0) is 18.5. The van der Waals surface area contributed by atoms with Crippen molar-refractivity contribution in [2.24, 2.45) is 16.0 Å². The van der Waals surface area contributed by atoms with E-state index in [2.05, 4.69) is 10.3 Å². The molecule has 130 valence electrons. The summed E-state index contributed by atoms with van der Waals surface area (Å²) in [6, 6.07) is 20.1. The molecule has 0 heterocycles. The highest BCUT2D eigenvalue weighted by molar-refractivity contribution is 6.53. The van der Waals surface area contributed by atoms with E-state index in [1.807, 2.05) is 30.3 Å². The summed E-state index contributed by atoms with van der Waals surface area (Å²) >= 11 is 0. The summed E-state index contributed by atoms with van der Waals surface area (Å²) in [5.41, 5.74) is 6.61. The van der Waals surface area contributed by atoms with Crippen molar-refractivity contribution in [1.82, 2.24) is 0 Å². The third-order valence-corrected chi connectivity index (χ3v) is 4.11. The van der Waals surface area contributed by atoms with Gasteiger partial charge in [0.05, 0.1) is 0 Å². The van der Waals surface area contributed by atoms with Crippen LogP contribution in [0, 0.1) is 0 Å². The number of Topliss-reactive ketones (excluding diaryl/α,β-unsaturated/α-hetero) is 1. The Morgan fingerprint density at radius 2 is 1.46 bits per heavy atom. The van der Waals surface area contributed by atoms with Crippen LogP contribution in [0.15, 0.2) is 83.1 Å². The van der Waals surface area contributed by atoms with E-state index in [1.54, 1.807) is 42.5 Å². The van der Waals surface area contributed by atoms with Gasteiger partial charge in [-0.25, -0.2) is 0 Å². The fourth-order valence-electron chi connectivity index (χ4n) is 2.76. The molecule has 0 aliphatic carbocycles. The molecule has 3 aromatic rings. The molecule has 0 aromatic heterocycles. The van der Waals surface area contributed by atoms with E-state index >= 15 is 0 Å². The Balaban J connectivity index is 1.94. The fraction of sp³-hybridized carbons (Fsp3) is 0.0500. The molecule has 1 unspecified atom stereocenters. The highest BCUT2D eigenvalue weighted by Gasteiger charge is 2.27. The van der Waals surface area contributed by atoms with Crippen molar-refractivity contribution >= 4 is 28.0 Å². The summed E-state index contributed by atoms with van der Waals surface area (Å²) in [7, 11) is 0. The average Bonchev–Trinajstić information content (AvgIpc) is 2.71. The SMILES string of the molecule is NC(C(=O)c1ccc2ccccc2c1)C(=NO)C(=NO)c1ccccc1. The summed E-state index contributed by atoms with van der Waals surface area (Å²) in [6.45, 7) is 0. The second-order valence-electron chi connectivity index (χ2n) is 5.70. The summed E-state index contributed by atoms with van der Waals surface area (Å²) < 4.78 is 0. The van der Waals surface area contributed by atoms with Crippen molar-refractivity contribution in [1.29, 1.82) is 0 Å². The minimum Gasteiger partial charge on any atom is -0.411 e. The van der Waals surface area contributed by atoms with Crippen molar-refractivity contribution < 1.29 is 15.2 Å². The molecule has 0 bridgehead atoms. The Labute approximate surface area is 149 Å². The monoisotopic (exact) mass is 347 g/mol. The molecule has 6 heteroatoms. The molecule has 0 aliphatic heterocycles. The maximum absolute atomic E-state index is 12.8. The van der Waals surface area contributed by atoms with E-state index in [4.69, 9.17) is 5.73 Å². The standard InChI is InChI=1S/C20H17N3O3/c21-17(19(23-26)18(22-25)14-7-2-1-3-8-14)20(24)16-11-10-13-6-4-5-9-15(13)12-16/h1-12,17,25-26H,21H2. The van der Waals surface area contributed by atoms with Crippen molar-refractivity contribution in [3.8, 4) is 0 Å². The van der Waals surface area contributed by atoms with Crippen molar-refractivity contribution in [2.75, 3.05) is 0 Å². The lowest BCUT2D eigenvalue weighted by molar-refractivity contribution is 0.0983. The van der Waals surface area contributed by atoms with Crippen LogP contribution in [0.4, 0.5) is 0 Å². The van der Waals surface area contributed by atoms with E-state index < -0.39 is 11.8 Å². The molecular formula is C20H17N3O3. The predicted octanol–water partition coefficient (Wildman–Crippen LogP) is 3.06. The smallest absolute Gasteiger partial charge is 0.185 e. The van der Waals surface area contributed by atoms with Gasteiger partial charge in [-0.3, -0.25) is 4.79 Å². The largest absolute Gasteiger partial charge is 0.411 e. The lowest BCUT2D eigenvalue weighted by Crippen LogP contribution is -2.43. The summed E-state index contributed by atoms with van der Waals surface area (Å²) in [4.78, 5) is 12.8. The molecule has 0 saturated carbocycles. The molecule has 0 fully saturated rings. The van der Waals surface area contributed by atoms with Gasteiger partial charge in [-0.1, -0.05) is 77.0 Å². The number of oxime groups is 2. The molecule has 0 aliphatic rings. The fourth-order valence-corrected chi connectivity index (χ4v) is 2.76. The number of carbonyl (C=O) groups excluding carboxylic acids is 1. The van der Waals surface area contributed by atoms with Crippen LogP contribution in [-0.4, -0.2) is 33.7 Å². The number of benzene rings is 3. The van der Waals surface area contributed by atoms with Crippen molar-refractivity contribution in [3.63, 3.8) is 0 Å². The minimum absolute atomic E-state index is 0.0604. The van der Waals surface area contributed by atoms with Gasteiger partial charge < -0.3 is 16.1 Å². The zero-order valence-corrected chi connectivity index (χ0v) is 13.8. The molecule has 4 N–H and O–H groups in total. The molecule has 6 nitrogen and oxygen atoms in total. The number of hydrogen-bond acceptors (Lipinski definition) is 6. The first kappa shape index (κ1) is 17.3. The van der Waals surface area contributed by atoms with Gasteiger partial charge in [0.1, 0.15) is 17.5 Å². The highest BCUT2D eigenvalue weighted by Crippen LogP contribution is 2.17. The molecule has 0 saturated heterocycles. The quantitative estimate of drug-likeness (QED) is 0.285. The second kappa shape index (κ2) is 7.58. The van der Waals surface area contributed by atoms with E-state index in [1.165, 1.54) is 0 Å². The van der Waals surface area contributed by atoms with Crippen LogP contribution in [0.25, 0.3) is 10.8 Å². The first-order valence-electron chi connectivity index (χ1n) is 7.94. The first-order valence-corrected chi connectivity index (χ1v) is 7.94. The molecule has 3 aromatic carbocycles. The number of nitrogens with two attached hydrogens (primary N) is 1. The number of fused-ring (bicyclic) bond motifs is 1. The molecule has 26 heavy (non-hydrogen) atoms. The zero-order valence-electron chi connectivity index (χ0n) is 13.8. The molecular weight excluding hydrogens is 330 g/mol. The van der Waals surface area contributed by atoms with E-state index in [9.17, 15) is 15.2 Å². The third kappa shape index (κ3) is 3.31. The van der Waals surface area contributed by atoms with Crippen molar-refractivity contribution in [2.45, 2.75) is 6.04 Å². The molecule has 0 spiro atoms. The average molecular weight is 347 g/mol. The van der Waals surface area contributed by atoms with Gasteiger partial charge in [0.15, 0.2) is 5.78 Å². The summed E-state index contributed by atoms with van der Waals surface area (Å²) in [6.07, 6.45) is 0. The molecule has 3 rings (SSSR count).